The number of alkyl halides is 1. The summed E-state index contributed by atoms with van der Waals surface area (Å²) in [5.74, 6) is 0.540. The van der Waals surface area contributed by atoms with Gasteiger partial charge < -0.3 is 0 Å². The van der Waals surface area contributed by atoms with Gasteiger partial charge in [0.15, 0.2) is 0 Å². The topological polar surface area (TPSA) is 3.24 Å². The Kier molecular flexibility index (Phi) is 5.29. The summed E-state index contributed by atoms with van der Waals surface area (Å²) in [4.78, 5) is 2.25. The van der Waals surface area contributed by atoms with Crippen molar-refractivity contribution in [2.24, 2.45) is 5.92 Å². The molecule has 1 saturated carbocycles. The third kappa shape index (κ3) is 3.15. The summed E-state index contributed by atoms with van der Waals surface area (Å²) in [5.41, 5.74) is 3.72. The molecule has 106 valence electrons. The molecule has 0 spiro atoms. The molecule has 3 rings (SSSR count). The van der Waals surface area contributed by atoms with E-state index >= 15 is 0 Å². The van der Waals surface area contributed by atoms with E-state index in [1.165, 1.54) is 24.1 Å². The quantitative estimate of drug-likeness (QED) is 0.387. The Labute approximate surface area is 134 Å². The van der Waals surface area contributed by atoms with Crippen LogP contribution in [0.15, 0.2) is 22.7 Å². The van der Waals surface area contributed by atoms with Crippen molar-refractivity contribution in [3.8, 4) is 0 Å². The van der Waals surface area contributed by atoms with Crippen LogP contribution < -0.4 is 24.6 Å². The second-order valence-electron chi connectivity index (χ2n) is 4.43. The molecule has 0 atom stereocenters. The SMILES string of the molecule is CC.C[I-]N1CC=C(C2CC2)c2cc(F)c(Br)cc21. The first kappa shape index (κ1) is 15.3. The zero-order valence-corrected chi connectivity index (χ0v) is 15.3. The predicted octanol–water partition coefficient (Wildman–Crippen LogP) is 1.86. The third-order valence-electron chi connectivity index (χ3n) is 3.30. The number of allylic oxidation sites excluding steroid dienone is 1. The second kappa shape index (κ2) is 6.57. The summed E-state index contributed by atoms with van der Waals surface area (Å²) in [6.45, 7) is 5.00. The average molecular weight is 439 g/mol. The summed E-state index contributed by atoms with van der Waals surface area (Å²) >= 11 is 3.30. The van der Waals surface area contributed by atoms with E-state index in [0.29, 0.717) is 10.4 Å². The van der Waals surface area contributed by atoms with Crippen molar-refractivity contribution in [1.82, 2.24) is 0 Å². The summed E-state index contributed by atoms with van der Waals surface area (Å²) < 4.78 is 16.7. The number of halogens is 3. The van der Waals surface area contributed by atoms with Crippen molar-refractivity contribution in [2.75, 3.05) is 14.6 Å². The first-order chi connectivity index (χ1) is 9.20. The fraction of sp³-hybridized carbons (Fsp3) is 0.467. The van der Waals surface area contributed by atoms with Crippen molar-refractivity contribution >= 4 is 27.2 Å². The molecule has 0 saturated heterocycles. The fourth-order valence-corrected chi connectivity index (χ4v) is 4.14. The van der Waals surface area contributed by atoms with Crippen LogP contribution in [0, 0.1) is 11.7 Å². The van der Waals surface area contributed by atoms with Crippen molar-refractivity contribution < 1.29 is 25.9 Å². The van der Waals surface area contributed by atoms with Gasteiger partial charge in [-0.2, -0.15) is 0 Å². The van der Waals surface area contributed by atoms with Crippen LogP contribution in [0.4, 0.5) is 10.1 Å². The average Bonchev–Trinajstić information content (AvgIpc) is 3.26. The van der Waals surface area contributed by atoms with E-state index in [0.717, 1.165) is 12.1 Å². The van der Waals surface area contributed by atoms with Crippen LogP contribution in [0.25, 0.3) is 5.57 Å². The Morgan fingerprint density at radius 1 is 1.32 bits per heavy atom. The number of fused-ring (bicyclic) bond motifs is 1. The van der Waals surface area contributed by atoms with Crippen LogP contribution in [0.3, 0.4) is 0 Å². The molecule has 0 amide bonds. The Morgan fingerprint density at radius 3 is 2.58 bits per heavy atom. The molecular formula is C15H19BrFIN-. The molecule has 0 N–H and O–H groups in total. The number of anilines is 1. The molecular weight excluding hydrogens is 420 g/mol. The van der Waals surface area contributed by atoms with Gasteiger partial charge in [0.2, 0.25) is 0 Å². The standard InChI is InChI=1S/C13H13BrFIN.C2H6/c1-16-17-5-4-9(8-2-3-8)10-6-12(15)11(14)7-13(10)17;1-2/h4,6-8H,2-3,5H2,1H3;1-2H3/q-1;. The third-order valence-corrected chi connectivity index (χ3v) is 5.99. The molecule has 0 radical (unpaired) electrons. The van der Waals surface area contributed by atoms with E-state index in [1.807, 2.05) is 19.9 Å². The zero-order chi connectivity index (χ0) is 14.0. The van der Waals surface area contributed by atoms with Gasteiger partial charge in [0.05, 0.1) is 0 Å². The number of nitrogens with zero attached hydrogens (tertiary/aromatic N) is 1. The fourth-order valence-electron chi connectivity index (χ4n) is 2.30. The van der Waals surface area contributed by atoms with Crippen LogP contribution in [-0.4, -0.2) is 11.5 Å². The van der Waals surface area contributed by atoms with Crippen molar-refractivity contribution in [3.63, 3.8) is 0 Å². The number of hydrogen-bond acceptors (Lipinski definition) is 1. The van der Waals surface area contributed by atoms with Gasteiger partial charge in [0.25, 0.3) is 0 Å². The number of hydrogen-bond donors (Lipinski definition) is 0. The number of benzene rings is 1. The molecule has 1 aliphatic carbocycles. The Bertz CT molecular complexity index is 497. The van der Waals surface area contributed by atoms with E-state index in [9.17, 15) is 4.39 Å². The van der Waals surface area contributed by atoms with Crippen LogP contribution in [0.2, 0.25) is 0 Å². The summed E-state index contributed by atoms with van der Waals surface area (Å²) in [5, 5.41) is 0. The molecule has 2 aliphatic rings. The maximum absolute atomic E-state index is 13.7. The zero-order valence-electron chi connectivity index (χ0n) is 11.5. The molecule has 0 unspecified atom stereocenters. The molecule has 1 fully saturated rings. The number of rotatable bonds is 2. The predicted molar refractivity (Wildman–Crippen MR) is 79.4 cm³/mol. The minimum absolute atomic E-state index is 0.00117. The summed E-state index contributed by atoms with van der Waals surface area (Å²) in [6, 6.07) is 3.65. The Balaban J connectivity index is 0.000000637. The van der Waals surface area contributed by atoms with Crippen LogP contribution >= 0.6 is 15.9 Å². The first-order valence-electron chi connectivity index (χ1n) is 6.67. The molecule has 4 heteroatoms. The summed E-state index contributed by atoms with van der Waals surface area (Å²) in [6.07, 6.45) is 4.84. The van der Waals surface area contributed by atoms with Crippen LogP contribution in [0.1, 0.15) is 32.3 Å². The van der Waals surface area contributed by atoms with E-state index in [1.54, 1.807) is 6.07 Å². The first-order valence-corrected chi connectivity index (χ1v) is 10.6. The molecule has 0 aromatic heterocycles. The van der Waals surface area contributed by atoms with Gasteiger partial charge in [0, 0.05) is 0 Å². The Morgan fingerprint density at radius 2 is 2.00 bits per heavy atom. The van der Waals surface area contributed by atoms with E-state index in [4.69, 9.17) is 0 Å². The van der Waals surface area contributed by atoms with Crippen molar-refractivity contribution in [2.45, 2.75) is 26.7 Å². The molecule has 1 nitrogen and oxygen atoms in total. The second-order valence-corrected chi connectivity index (χ2v) is 7.41. The van der Waals surface area contributed by atoms with Gasteiger partial charge in [-0.1, -0.05) is 13.8 Å². The normalized spacial score (nSPS) is 17.5. The molecule has 19 heavy (non-hydrogen) atoms. The monoisotopic (exact) mass is 438 g/mol. The molecule has 1 aliphatic heterocycles. The van der Waals surface area contributed by atoms with E-state index in [-0.39, 0.29) is 27.3 Å². The van der Waals surface area contributed by atoms with Crippen molar-refractivity contribution in [3.05, 3.63) is 34.1 Å². The van der Waals surface area contributed by atoms with E-state index < -0.39 is 0 Å². The van der Waals surface area contributed by atoms with Gasteiger partial charge in [0.1, 0.15) is 0 Å². The van der Waals surface area contributed by atoms with Gasteiger partial charge in [-0.15, -0.1) is 0 Å². The Hall–Kier alpha value is -0.100. The van der Waals surface area contributed by atoms with Gasteiger partial charge in [-0.25, -0.2) is 0 Å². The van der Waals surface area contributed by atoms with Gasteiger partial charge >= 0.3 is 120 Å². The van der Waals surface area contributed by atoms with Gasteiger partial charge in [-0.05, 0) is 0 Å². The maximum atomic E-state index is 13.7. The molecule has 0 bridgehead atoms. The molecule has 1 heterocycles. The van der Waals surface area contributed by atoms with Crippen LogP contribution in [0.5, 0.6) is 0 Å². The van der Waals surface area contributed by atoms with E-state index in [2.05, 4.69) is 30.0 Å². The molecule has 1 aromatic carbocycles. The minimum atomic E-state index is -0.147. The summed E-state index contributed by atoms with van der Waals surface area (Å²) in [7, 11) is 0. The van der Waals surface area contributed by atoms with Gasteiger partial charge in [-0.3, -0.25) is 0 Å². The van der Waals surface area contributed by atoms with Crippen molar-refractivity contribution in [1.29, 1.82) is 0 Å². The molecule has 1 aromatic rings. The van der Waals surface area contributed by atoms with Crippen LogP contribution in [-0.2, 0) is 0 Å².